The molecular formula is C18H17N3O3S3. The van der Waals surface area contributed by atoms with E-state index in [2.05, 4.69) is 11.6 Å². The van der Waals surface area contributed by atoms with Gasteiger partial charge in [0.1, 0.15) is 0 Å². The minimum absolute atomic E-state index is 0.0209. The highest BCUT2D eigenvalue weighted by Gasteiger charge is 2.14. The minimum atomic E-state index is -3.81. The molecule has 3 aromatic rings. The standard InChI is InChI=1S/C18H17N3O3S3/c1-3-10-21-14-9-8-12(27(19,23)24)11-16(14)26-18(21)20-17(22)13-6-4-5-7-15(13)25-2/h3-9,11H,1,10H2,2H3,(H2,19,23,24). The van der Waals surface area contributed by atoms with Crippen molar-refractivity contribution in [3.8, 4) is 0 Å². The van der Waals surface area contributed by atoms with Gasteiger partial charge in [-0.1, -0.05) is 29.5 Å². The molecule has 6 nitrogen and oxygen atoms in total. The zero-order chi connectivity index (χ0) is 19.6. The fourth-order valence-corrected chi connectivity index (χ4v) is 4.87. The summed E-state index contributed by atoms with van der Waals surface area (Å²) in [5.74, 6) is -0.351. The van der Waals surface area contributed by atoms with E-state index in [9.17, 15) is 13.2 Å². The Labute approximate surface area is 165 Å². The third kappa shape index (κ3) is 4.06. The van der Waals surface area contributed by atoms with Gasteiger partial charge in [0.15, 0.2) is 4.80 Å². The van der Waals surface area contributed by atoms with Crippen LogP contribution in [0.5, 0.6) is 0 Å². The number of thiazole rings is 1. The normalized spacial score (nSPS) is 12.4. The Morgan fingerprint density at radius 2 is 2.07 bits per heavy atom. The van der Waals surface area contributed by atoms with Crippen LogP contribution in [0.4, 0.5) is 0 Å². The number of hydrogen-bond acceptors (Lipinski definition) is 5. The molecule has 0 aliphatic rings. The van der Waals surface area contributed by atoms with Gasteiger partial charge in [0.25, 0.3) is 5.91 Å². The Morgan fingerprint density at radius 1 is 1.33 bits per heavy atom. The van der Waals surface area contributed by atoms with Gasteiger partial charge in [-0.2, -0.15) is 4.99 Å². The number of carbonyl (C=O) groups is 1. The molecule has 0 atom stereocenters. The van der Waals surface area contributed by atoms with Gasteiger partial charge in [-0.3, -0.25) is 4.79 Å². The first-order valence-electron chi connectivity index (χ1n) is 7.84. The molecule has 0 fully saturated rings. The van der Waals surface area contributed by atoms with Crippen molar-refractivity contribution in [1.82, 2.24) is 4.57 Å². The summed E-state index contributed by atoms with van der Waals surface area (Å²) in [5, 5.41) is 5.21. The Bertz CT molecular complexity index is 1210. The third-order valence-corrected chi connectivity index (χ3v) is 6.58. The molecule has 140 valence electrons. The van der Waals surface area contributed by atoms with Crippen molar-refractivity contribution in [3.63, 3.8) is 0 Å². The smallest absolute Gasteiger partial charge is 0.280 e. The Hall–Kier alpha value is -2.20. The first-order chi connectivity index (χ1) is 12.8. The SMILES string of the molecule is C=CCn1c(=NC(=O)c2ccccc2SC)sc2cc(S(N)(=O)=O)ccc21. The lowest BCUT2D eigenvalue weighted by atomic mass is 10.2. The number of benzene rings is 2. The molecule has 0 saturated carbocycles. The third-order valence-electron chi connectivity index (χ3n) is 3.83. The lowest BCUT2D eigenvalue weighted by molar-refractivity contribution is 0.0995. The molecule has 9 heteroatoms. The van der Waals surface area contributed by atoms with E-state index in [0.717, 1.165) is 10.4 Å². The first-order valence-corrected chi connectivity index (χ1v) is 11.4. The highest BCUT2D eigenvalue weighted by Crippen LogP contribution is 2.23. The van der Waals surface area contributed by atoms with Crippen molar-refractivity contribution >= 4 is 49.2 Å². The summed E-state index contributed by atoms with van der Waals surface area (Å²) in [6.07, 6.45) is 3.59. The summed E-state index contributed by atoms with van der Waals surface area (Å²) in [6, 6.07) is 11.9. The Morgan fingerprint density at radius 3 is 2.74 bits per heavy atom. The maximum Gasteiger partial charge on any atom is 0.280 e. The largest absolute Gasteiger partial charge is 0.312 e. The van der Waals surface area contributed by atoms with E-state index in [-0.39, 0.29) is 10.8 Å². The van der Waals surface area contributed by atoms with Crippen LogP contribution >= 0.6 is 23.1 Å². The number of primary sulfonamides is 1. The molecule has 1 aromatic heterocycles. The van der Waals surface area contributed by atoms with E-state index < -0.39 is 10.0 Å². The van der Waals surface area contributed by atoms with Crippen LogP contribution < -0.4 is 9.94 Å². The zero-order valence-electron chi connectivity index (χ0n) is 14.5. The molecule has 0 saturated heterocycles. The van der Waals surface area contributed by atoms with Crippen molar-refractivity contribution in [2.24, 2.45) is 10.1 Å². The second-order valence-electron chi connectivity index (χ2n) is 5.58. The predicted octanol–water partition coefficient (Wildman–Crippen LogP) is 3.00. The molecule has 0 radical (unpaired) electrons. The maximum atomic E-state index is 12.7. The molecule has 0 aliphatic carbocycles. The van der Waals surface area contributed by atoms with E-state index in [1.807, 2.05) is 23.0 Å². The van der Waals surface area contributed by atoms with E-state index >= 15 is 0 Å². The van der Waals surface area contributed by atoms with Gasteiger partial charge in [0, 0.05) is 11.4 Å². The molecule has 2 aromatic carbocycles. The summed E-state index contributed by atoms with van der Waals surface area (Å²) in [7, 11) is -3.81. The molecule has 0 spiro atoms. The average molecular weight is 420 g/mol. The number of rotatable bonds is 5. The van der Waals surface area contributed by atoms with Gasteiger partial charge >= 0.3 is 0 Å². The molecule has 2 N–H and O–H groups in total. The second-order valence-corrected chi connectivity index (χ2v) is 8.99. The molecule has 1 amide bonds. The van der Waals surface area contributed by atoms with Gasteiger partial charge in [-0.25, -0.2) is 13.6 Å². The van der Waals surface area contributed by atoms with Gasteiger partial charge in [0.05, 0.1) is 20.7 Å². The number of amides is 1. The number of thioether (sulfide) groups is 1. The van der Waals surface area contributed by atoms with Crippen LogP contribution in [-0.4, -0.2) is 25.1 Å². The maximum absolute atomic E-state index is 12.7. The van der Waals surface area contributed by atoms with Gasteiger partial charge in [0.2, 0.25) is 10.0 Å². The second kappa shape index (κ2) is 7.81. The molecule has 0 bridgehead atoms. The van der Waals surface area contributed by atoms with Gasteiger partial charge in [-0.05, 0) is 36.6 Å². The lowest BCUT2D eigenvalue weighted by Gasteiger charge is -2.03. The Balaban J connectivity index is 2.20. The summed E-state index contributed by atoms with van der Waals surface area (Å²) in [6.45, 7) is 4.18. The molecule has 3 rings (SSSR count). The molecule has 0 unspecified atom stereocenters. The quantitative estimate of drug-likeness (QED) is 0.508. The lowest BCUT2D eigenvalue weighted by Crippen LogP contribution is -2.16. The molecule has 0 aliphatic heterocycles. The highest BCUT2D eigenvalue weighted by molar-refractivity contribution is 7.98. The van der Waals surface area contributed by atoms with Crippen molar-refractivity contribution in [3.05, 3.63) is 65.5 Å². The fourth-order valence-electron chi connectivity index (χ4n) is 2.59. The van der Waals surface area contributed by atoms with Crippen molar-refractivity contribution in [1.29, 1.82) is 0 Å². The average Bonchev–Trinajstić information content (AvgIpc) is 2.97. The first kappa shape index (κ1) is 19.6. The number of nitrogens with zero attached hydrogens (tertiary/aromatic N) is 2. The van der Waals surface area contributed by atoms with Crippen LogP contribution in [0.25, 0.3) is 10.2 Å². The van der Waals surface area contributed by atoms with Crippen LogP contribution in [0.3, 0.4) is 0 Å². The van der Waals surface area contributed by atoms with E-state index in [1.54, 1.807) is 24.3 Å². The number of sulfonamides is 1. The summed E-state index contributed by atoms with van der Waals surface area (Å²) >= 11 is 2.71. The molecule has 27 heavy (non-hydrogen) atoms. The molecule has 1 heterocycles. The summed E-state index contributed by atoms with van der Waals surface area (Å²) in [4.78, 5) is 18.3. The van der Waals surface area contributed by atoms with Crippen molar-refractivity contribution in [2.45, 2.75) is 16.3 Å². The number of allylic oxidation sites excluding steroid dienone is 1. The summed E-state index contributed by atoms with van der Waals surface area (Å²) < 4.78 is 25.7. The van der Waals surface area contributed by atoms with E-state index in [4.69, 9.17) is 5.14 Å². The monoisotopic (exact) mass is 419 g/mol. The van der Waals surface area contributed by atoms with Gasteiger partial charge in [-0.15, -0.1) is 18.3 Å². The van der Waals surface area contributed by atoms with Crippen LogP contribution in [0.2, 0.25) is 0 Å². The number of nitrogens with two attached hydrogens (primary N) is 1. The van der Waals surface area contributed by atoms with Crippen LogP contribution in [0.1, 0.15) is 10.4 Å². The van der Waals surface area contributed by atoms with Gasteiger partial charge < -0.3 is 4.57 Å². The fraction of sp³-hybridized carbons (Fsp3) is 0.111. The van der Waals surface area contributed by atoms with E-state index in [0.29, 0.717) is 21.6 Å². The predicted molar refractivity (Wildman–Crippen MR) is 110 cm³/mol. The van der Waals surface area contributed by atoms with Crippen LogP contribution in [-0.2, 0) is 16.6 Å². The van der Waals surface area contributed by atoms with E-state index in [1.165, 1.54) is 35.2 Å². The summed E-state index contributed by atoms with van der Waals surface area (Å²) in [5.41, 5.74) is 1.29. The highest BCUT2D eigenvalue weighted by atomic mass is 32.2. The number of fused-ring (bicyclic) bond motifs is 1. The number of carbonyl (C=O) groups excluding carboxylic acids is 1. The topological polar surface area (TPSA) is 94.5 Å². The molecular weight excluding hydrogens is 402 g/mol. The number of aromatic nitrogens is 1. The number of hydrogen-bond donors (Lipinski definition) is 1. The van der Waals surface area contributed by atoms with Crippen LogP contribution in [0, 0.1) is 0 Å². The van der Waals surface area contributed by atoms with Crippen molar-refractivity contribution < 1.29 is 13.2 Å². The van der Waals surface area contributed by atoms with Crippen LogP contribution in [0.15, 0.2) is 69.9 Å². The zero-order valence-corrected chi connectivity index (χ0v) is 16.9. The van der Waals surface area contributed by atoms with Crippen molar-refractivity contribution in [2.75, 3.05) is 6.26 Å². The Kier molecular flexibility index (Phi) is 5.66. The minimum Gasteiger partial charge on any atom is -0.312 e.